The van der Waals surface area contributed by atoms with Gasteiger partial charge in [-0.3, -0.25) is 14.4 Å². The fourth-order valence-corrected chi connectivity index (χ4v) is 4.18. The molecule has 160 valence electrons. The number of likely N-dealkylation sites (tertiary alicyclic amines) is 1. The smallest absolute Gasteiger partial charge is 0.270 e. The Kier molecular flexibility index (Phi) is 5.24. The van der Waals surface area contributed by atoms with E-state index in [1.54, 1.807) is 31.3 Å². The van der Waals surface area contributed by atoms with Gasteiger partial charge >= 0.3 is 0 Å². The van der Waals surface area contributed by atoms with Crippen LogP contribution in [0.1, 0.15) is 28.9 Å². The van der Waals surface area contributed by atoms with Gasteiger partial charge < -0.3 is 21.1 Å². The number of nitrogens with one attached hydrogen (secondary N) is 1. The standard InChI is InChI=1S/C21H19FN4O4S/c1-26-8-7-21(30,20(26)29)6-5-11-3-2-4-12(9-11)18-24-15(16(23)27)19(31-18)25-17(28)13-10-14(13)22/h2-4,9,13-14,30H,7-8,10H2,1H3,(H2,23,27)(H,25,28)/t13-,14-,21-/m0/s1. The van der Waals surface area contributed by atoms with Crippen molar-refractivity contribution in [3.8, 4) is 22.4 Å². The highest BCUT2D eigenvalue weighted by molar-refractivity contribution is 7.19. The molecule has 1 aliphatic heterocycles. The number of aromatic nitrogens is 1. The fourth-order valence-electron chi connectivity index (χ4n) is 3.21. The third kappa shape index (κ3) is 4.15. The number of primary amides is 1. The van der Waals surface area contributed by atoms with Gasteiger partial charge in [0.15, 0.2) is 5.69 Å². The van der Waals surface area contributed by atoms with Crippen molar-refractivity contribution in [1.82, 2.24) is 9.88 Å². The molecule has 8 nitrogen and oxygen atoms in total. The van der Waals surface area contributed by atoms with Crippen molar-refractivity contribution in [2.24, 2.45) is 11.7 Å². The maximum absolute atomic E-state index is 13.1. The maximum atomic E-state index is 13.1. The van der Waals surface area contributed by atoms with Gasteiger partial charge in [-0.25, -0.2) is 9.37 Å². The molecule has 1 aliphatic carbocycles. The zero-order chi connectivity index (χ0) is 22.3. The van der Waals surface area contributed by atoms with Crippen molar-refractivity contribution in [2.45, 2.75) is 24.6 Å². The first-order valence-electron chi connectivity index (χ1n) is 9.55. The second kappa shape index (κ2) is 7.76. The van der Waals surface area contributed by atoms with E-state index in [2.05, 4.69) is 22.1 Å². The molecule has 0 bridgehead atoms. The van der Waals surface area contributed by atoms with E-state index in [1.807, 2.05) is 0 Å². The number of thiazole rings is 1. The zero-order valence-electron chi connectivity index (χ0n) is 16.5. The Hall–Kier alpha value is -3.29. The minimum absolute atomic E-state index is 0.102. The van der Waals surface area contributed by atoms with Gasteiger partial charge in [-0.2, -0.15) is 0 Å². The lowest BCUT2D eigenvalue weighted by molar-refractivity contribution is -0.137. The molecule has 2 aromatic rings. The topological polar surface area (TPSA) is 126 Å². The van der Waals surface area contributed by atoms with Crippen molar-refractivity contribution < 1.29 is 23.9 Å². The van der Waals surface area contributed by atoms with Gasteiger partial charge in [-0.1, -0.05) is 35.3 Å². The molecule has 1 saturated heterocycles. The molecule has 3 amide bonds. The summed E-state index contributed by atoms with van der Waals surface area (Å²) in [4.78, 5) is 41.5. The third-order valence-electron chi connectivity index (χ3n) is 5.18. The minimum atomic E-state index is -1.71. The Morgan fingerprint density at radius 2 is 2.19 bits per heavy atom. The Balaban J connectivity index is 1.60. The predicted molar refractivity (Wildman–Crippen MR) is 112 cm³/mol. The van der Waals surface area contributed by atoms with Gasteiger partial charge in [0.2, 0.25) is 11.5 Å². The molecule has 2 heterocycles. The van der Waals surface area contributed by atoms with Gasteiger partial charge in [0.1, 0.15) is 16.2 Å². The highest BCUT2D eigenvalue weighted by atomic mass is 32.1. The number of benzene rings is 1. The number of nitrogens with two attached hydrogens (primary N) is 1. The minimum Gasteiger partial charge on any atom is -0.369 e. The molecular formula is C21H19FN4O4S. The van der Waals surface area contributed by atoms with Gasteiger partial charge in [0, 0.05) is 31.1 Å². The van der Waals surface area contributed by atoms with Crippen LogP contribution in [0, 0.1) is 17.8 Å². The molecule has 1 aromatic carbocycles. The summed E-state index contributed by atoms with van der Waals surface area (Å²) in [6.07, 6.45) is -0.775. The first-order valence-corrected chi connectivity index (χ1v) is 10.4. The second-order valence-electron chi connectivity index (χ2n) is 7.58. The first-order chi connectivity index (χ1) is 14.7. The number of carbonyl (C=O) groups is 3. The maximum Gasteiger partial charge on any atom is 0.270 e. The largest absolute Gasteiger partial charge is 0.369 e. The number of alkyl halides is 1. The second-order valence-corrected chi connectivity index (χ2v) is 8.58. The Bertz CT molecular complexity index is 1150. The van der Waals surface area contributed by atoms with Crippen LogP contribution >= 0.6 is 11.3 Å². The number of hydrogen-bond donors (Lipinski definition) is 3. The quantitative estimate of drug-likeness (QED) is 0.613. The predicted octanol–water partition coefficient (Wildman–Crippen LogP) is 1.15. The Morgan fingerprint density at radius 3 is 2.81 bits per heavy atom. The monoisotopic (exact) mass is 442 g/mol. The normalized spacial score (nSPS) is 24.5. The molecule has 10 heteroatoms. The zero-order valence-corrected chi connectivity index (χ0v) is 17.3. The molecule has 2 aliphatic rings. The molecule has 4 rings (SSSR count). The third-order valence-corrected chi connectivity index (χ3v) is 6.20. The number of halogens is 1. The van der Waals surface area contributed by atoms with Crippen LogP contribution in [0.4, 0.5) is 9.39 Å². The van der Waals surface area contributed by atoms with Gasteiger partial charge in [-0.05, 0) is 18.6 Å². The van der Waals surface area contributed by atoms with Crippen LogP contribution in [0.25, 0.3) is 10.6 Å². The van der Waals surface area contributed by atoms with E-state index in [1.165, 1.54) is 4.90 Å². The highest BCUT2D eigenvalue weighted by Crippen LogP contribution is 2.37. The van der Waals surface area contributed by atoms with Crippen molar-refractivity contribution >= 4 is 34.1 Å². The summed E-state index contributed by atoms with van der Waals surface area (Å²) in [7, 11) is 1.61. The molecule has 1 aromatic heterocycles. The Labute approximate surface area is 181 Å². The van der Waals surface area contributed by atoms with Crippen LogP contribution in [-0.4, -0.2) is 58.1 Å². The van der Waals surface area contributed by atoms with Crippen LogP contribution in [0.5, 0.6) is 0 Å². The molecule has 1 saturated carbocycles. The van der Waals surface area contributed by atoms with E-state index in [0.717, 1.165) is 11.3 Å². The van der Waals surface area contributed by atoms with Crippen molar-refractivity contribution in [3.63, 3.8) is 0 Å². The molecule has 2 fully saturated rings. The van der Waals surface area contributed by atoms with Crippen molar-refractivity contribution in [2.75, 3.05) is 18.9 Å². The Morgan fingerprint density at radius 1 is 1.45 bits per heavy atom. The number of nitrogens with zero attached hydrogens (tertiary/aromatic N) is 2. The van der Waals surface area contributed by atoms with Crippen molar-refractivity contribution in [3.05, 3.63) is 35.5 Å². The highest BCUT2D eigenvalue weighted by Gasteiger charge is 2.44. The van der Waals surface area contributed by atoms with E-state index in [9.17, 15) is 23.9 Å². The van der Waals surface area contributed by atoms with E-state index >= 15 is 0 Å². The van der Waals surface area contributed by atoms with Crippen LogP contribution in [0.15, 0.2) is 24.3 Å². The number of anilines is 1. The average Bonchev–Trinajstić information content (AvgIpc) is 3.23. The molecular weight excluding hydrogens is 423 g/mol. The summed E-state index contributed by atoms with van der Waals surface area (Å²) < 4.78 is 13.1. The molecule has 0 spiro atoms. The van der Waals surface area contributed by atoms with Gasteiger partial charge in [0.05, 0.1) is 5.92 Å². The molecule has 31 heavy (non-hydrogen) atoms. The number of likely N-dealkylation sites (N-methyl/N-ethyl adjacent to an activating group) is 1. The van der Waals surface area contributed by atoms with E-state index in [0.29, 0.717) is 22.7 Å². The fraction of sp³-hybridized carbons (Fsp3) is 0.333. The van der Waals surface area contributed by atoms with Crippen LogP contribution < -0.4 is 11.1 Å². The number of rotatable bonds is 4. The number of aliphatic hydroxyl groups is 1. The summed E-state index contributed by atoms with van der Waals surface area (Å²) in [5.41, 5.74) is 4.71. The molecule has 0 radical (unpaired) electrons. The molecule has 0 unspecified atom stereocenters. The van der Waals surface area contributed by atoms with Crippen LogP contribution in [-0.2, 0) is 9.59 Å². The summed E-state index contributed by atoms with van der Waals surface area (Å²) in [6.45, 7) is 0.428. The first kappa shape index (κ1) is 21.0. The number of carbonyl (C=O) groups excluding carboxylic acids is 3. The van der Waals surface area contributed by atoms with Crippen LogP contribution in [0.2, 0.25) is 0 Å². The van der Waals surface area contributed by atoms with E-state index in [-0.39, 0.29) is 23.5 Å². The number of hydrogen-bond acceptors (Lipinski definition) is 6. The van der Waals surface area contributed by atoms with Gasteiger partial charge in [0.25, 0.3) is 11.8 Å². The summed E-state index contributed by atoms with van der Waals surface area (Å²) in [6, 6.07) is 6.85. The lowest BCUT2D eigenvalue weighted by Gasteiger charge is -2.13. The SMILES string of the molecule is CN1CC[C@@](O)(C#Cc2cccc(-c3nc(C(N)=O)c(NC(=O)[C@H]4C[C@@H]4F)s3)c2)C1=O. The molecule has 4 N–H and O–H groups in total. The molecule has 3 atom stereocenters. The average molecular weight is 442 g/mol. The van der Waals surface area contributed by atoms with Crippen molar-refractivity contribution in [1.29, 1.82) is 0 Å². The van der Waals surface area contributed by atoms with E-state index in [4.69, 9.17) is 5.73 Å². The lowest BCUT2D eigenvalue weighted by atomic mass is 10.0. The van der Waals surface area contributed by atoms with Gasteiger partial charge in [-0.15, -0.1) is 0 Å². The lowest BCUT2D eigenvalue weighted by Crippen LogP contribution is -2.37. The summed E-state index contributed by atoms with van der Waals surface area (Å²) in [5, 5.41) is 13.6. The number of amides is 3. The summed E-state index contributed by atoms with van der Waals surface area (Å²) >= 11 is 1.04. The van der Waals surface area contributed by atoms with E-state index < -0.39 is 35.4 Å². The summed E-state index contributed by atoms with van der Waals surface area (Å²) in [5.74, 6) is 2.99. The van der Waals surface area contributed by atoms with Crippen LogP contribution in [0.3, 0.4) is 0 Å².